The first-order valence-corrected chi connectivity index (χ1v) is 7.24. The van der Waals surface area contributed by atoms with Crippen LogP contribution in [0, 0.1) is 5.92 Å². The first kappa shape index (κ1) is 14.7. The largest absolute Gasteiger partial charge is 0.497 e. The molecule has 1 unspecified atom stereocenters. The van der Waals surface area contributed by atoms with Crippen LogP contribution in [0.15, 0.2) is 18.2 Å². The van der Waals surface area contributed by atoms with Gasteiger partial charge >= 0.3 is 6.03 Å². The minimum Gasteiger partial charge on any atom is -0.497 e. The smallest absolute Gasteiger partial charge is 0.317 e. The first-order chi connectivity index (χ1) is 9.52. The van der Waals surface area contributed by atoms with Crippen LogP contribution in [0.5, 0.6) is 5.75 Å². The fraction of sp³-hybridized carbons (Fsp3) is 0.562. The van der Waals surface area contributed by atoms with Crippen LogP contribution in [0.2, 0.25) is 0 Å². The van der Waals surface area contributed by atoms with Crippen molar-refractivity contribution in [3.05, 3.63) is 29.3 Å². The van der Waals surface area contributed by atoms with E-state index in [9.17, 15) is 4.79 Å². The van der Waals surface area contributed by atoms with Crippen LogP contribution in [0.4, 0.5) is 4.79 Å². The molecule has 0 saturated heterocycles. The second-order valence-corrected chi connectivity index (χ2v) is 5.76. The van der Waals surface area contributed by atoms with Crippen molar-refractivity contribution in [3.63, 3.8) is 0 Å². The van der Waals surface area contributed by atoms with Crippen molar-refractivity contribution in [2.45, 2.75) is 33.2 Å². The number of ether oxygens (including phenoxy) is 1. The Kier molecular flexibility index (Phi) is 4.53. The van der Waals surface area contributed by atoms with Gasteiger partial charge < -0.3 is 15.0 Å². The van der Waals surface area contributed by atoms with Crippen molar-refractivity contribution in [2.24, 2.45) is 5.92 Å². The molecule has 2 rings (SSSR count). The number of hydrogen-bond donors (Lipinski definition) is 1. The normalized spacial score (nSPS) is 17.9. The Hall–Kier alpha value is -1.71. The van der Waals surface area contributed by atoms with Crippen LogP contribution >= 0.6 is 0 Å². The summed E-state index contributed by atoms with van der Waals surface area (Å²) in [7, 11) is 1.68. The Labute approximate surface area is 121 Å². The van der Waals surface area contributed by atoms with Crippen LogP contribution in [0.25, 0.3) is 0 Å². The van der Waals surface area contributed by atoms with Crippen LogP contribution in [0.1, 0.15) is 37.9 Å². The molecule has 1 N–H and O–H groups in total. The van der Waals surface area contributed by atoms with E-state index in [2.05, 4.69) is 38.2 Å². The Balaban J connectivity index is 2.11. The number of amides is 2. The minimum absolute atomic E-state index is 0.0349. The maximum Gasteiger partial charge on any atom is 0.317 e. The van der Waals surface area contributed by atoms with E-state index in [0.717, 1.165) is 25.3 Å². The van der Waals surface area contributed by atoms with Crippen molar-refractivity contribution in [3.8, 4) is 5.75 Å². The van der Waals surface area contributed by atoms with Gasteiger partial charge in [-0.1, -0.05) is 19.9 Å². The molecular weight excluding hydrogens is 252 g/mol. The standard InChI is InChI=1S/C16H24N2O2/c1-11(2)10-17-16(19)18-8-7-13-9-14(20-4)5-6-15(13)12(18)3/h5-6,9,11-12H,7-8,10H2,1-4H3,(H,17,19). The van der Waals surface area contributed by atoms with Gasteiger partial charge in [-0.15, -0.1) is 0 Å². The monoisotopic (exact) mass is 276 g/mol. The van der Waals surface area contributed by atoms with Crippen LogP contribution in [-0.2, 0) is 6.42 Å². The van der Waals surface area contributed by atoms with E-state index in [1.165, 1.54) is 11.1 Å². The van der Waals surface area contributed by atoms with Crippen LogP contribution < -0.4 is 10.1 Å². The van der Waals surface area contributed by atoms with E-state index in [0.29, 0.717) is 5.92 Å². The highest BCUT2D eigenvalue weighted by atomic mass is 16.5. The number of carbonyl (C=O) groups is 1. The number of rotatable bonds is 3. The van der Waals surface area contributed by atoms with Crippen molar-refractivity contribution in [1.82, 2.24) is 10.2 Å². The molecule has 1 aromatic rings. The molecule has 2 amide bonds. The summed E-state index contributed by atoms with van der Waals surface area (Å²) in [6.07, 6.45) is 0.881. The molecule has 0 radical (unpaired) electrons. The molecule has 0 bridgehead atoms. The van der Waals surface area contributed by atoms with Gasteiger partial charge in [0, 0.05) is 13.1 Å². The Morgan fingerprint density at radius 1 is 1.50 bits per heavy atom. The summed E-state index contributed by atoms with van der Waals surface area (Å²) in [5, 5.41) is 3.00. The number of methoxy groups -OCH3 is 1. The third-order valence-corrected chi connectivity index (χ3v) is 3.81. The lowest BCUT2D eigenvalue weighted by molar-refractivity contribution is 0.173. The molecule has 0 spiro atoms. The molecule has 1 atom stereocenters. The molecule has 1 aliphatic rings. The SMILES string of the molecule is COc1ccc2c(c1)CCN(C(=O)NCC(C)C)C2C. The number of fused-ring (bicyclic) bond motifs is 1. The topological polar surface area (TPSA) is 41.6 Å². The van der Waals surface area contributed by atoms with Gasteiger partial charge in [0.1, 0.15) is 5.75 Å². The van der Waals surface area contributed by atoms with Gasteiger partial charge in [-0.25, -0.2) is 4.79 Å². The predicted molar refractivity (Wildman–Crippen MR) is 80.1 cm³/mol. The van der Waals surface area contributed by atoms with E-state index in [1.807, 2.05) is 11.0 Å². The van der Waals surface area contributed by atoms with Gasteiger partial charge in [-0.2, -0.15) is 0 Å². The van der Waals surface area contributed by atoms with E-state index in [4.69, 9.17) is 4.74 Å². The lowest BCUT2D eigenvalue weighted by Gasteiger charge is -2.35. The summed E-state index contributed by atoms with van der Waals surface area (Å²) < 4.78 is 5.26. The fourth-order valence-electron chi connectivity index (χ4n) is 2.61. The van der Waals surface area contributed by atoms with Gasteiger partial charge in [0.15, 0.2) is 0 Å². The highest BCUT2D eigenvalue weighted by molar-refractivity contribution is 5.75. The van der Waals surface area contributed by atoms with Crippen molar-refractivity contribution in [1.29, 1.82) is 0 Å². The van der Waals surface area contributed by atoms with Gasteiger partial charge in [-0.3, -0.25) is 0 Å². The number of hydrogen-bond acceptors (Lipinski definition) is 2. The maximum absolute atomic E-state index is 12.2. The van der Waals surface area contributed by atoms with Crippen molar-refractivity contribution < 1.29 is 9.53 Å². The molecule has 1 aliphatic heterocycles. The van der Waals surface area contributed by atoms with Crippen molar-refractivity contribution >= 4 is 6.03 Å². The summed E-state index contributed by atoms with van der Waals surface area (Å²) in [5.41, 5.74) is 2.50. The Morgan fingerprint density at radius 2 is 2.25 bits per heavy atom. The third kappa shape index (κ3) is 3.06. The number of nitrogens with one attached hydrogen (secondary N) is 1. The second-order valence-electron chi connectivity index (χ2n) is 5.76. The molecule has 0 fully saturated rings. The summed E-state index contributed by atoms with van der Waals surface area (Å²) in [4.78, 5) is 14.1. The molecule has 0 aliphatic carbocycles. The molecule has 0 saturated carbocycles. The average molecular weight is 276 g/mol. The van der Waals surface area contributed by atoms with Gasteiger partial charge in [0.25, 0.3) is 0 Å². The molecule has 0 aromatic heterocycles. The molecule has 4 nitrogen and oxygen atoms in total. The Morgan fingerprint density at radius 3 is 2.90 bits per heavy atom. The zero-order chi connectivity index (χ0) is 14.7. The van der Waals surface area contributed by atoms with Gasteiger partial charge in [0.2, 0.25) is 0 Å². The second kappa shape index (κ2) is 6.16. The third-order valence-electron chi connectivity index (χ3n) is 3.81. The molecule has 1 aromatic carbocycles. The summed E-state index contributed by atoms with van der Waals surface area (Å²) in [6, 6.07) is 6.25. The lowest BCUT2D eigenvalue weighted by Crippen LogP contribution is -2.45. The molecule has 1 heterocycles. The number of benzene rings is 1. The summed E-state index contributed by atoms with van der Waals surface area (Å²) in [5.74, 6) is 1.35. The Bertz CT molecular complexity index is 485. The molecule has 20 heavy (non-hydrogen) atoms. The molecule has 110 valence electrons. The zero-order valence-corrected chi connectivity index (χ0v) is 12.8. The van der Waals surface area contributed by atoms with Gasteiger partial charge in [0.05, 0.1) is 13.2 Å². The molecular formula is C16H24N2O2. The maximum atomic E-state index is 12.2. The number of carbonyl (C=O) groups excluding carboxylic acids is 1. The van der Waals surface area contributed by atoms with Gasteiger partial charge in [-0.05, 0) is 42.5 Å². The summed E-state index contributed by atoms with van der Waals surface area (Å²) in [6.45, 7) is 7.76. The highest BCUT2D eigenvalue weighted by Crippen LogP contribution is 2.31. The fourth-order valence-corrected chi connectivity index (χ4v) is 2.61. The summed E-state index contributed by atoms with van der Waals surface area (Å²) >= 11 is 0. The minimum atomic E-state index is 0.0349. The van der Waals surface area contributed by atoms with E-state index >= 15 is 0 Å². The predicted octanol–water partition coefficient (Wildman–Crippen LogP) is 2.98. The number of urea groups is 1. The number of nitrogens with zero attached hydrogens (tertiary/aromatic N) is 1. The zero-order valence-electron chi connectivity index (χ0n) is 12.8. The highest BCUT2D eigenvalue weighted by Gasteiger charge is 2.27. The van der Waals surface area contributed by atoms with Crippen molar-refractivity contribution in [2.75, 3.05) is 20.2 Å². The lowest BCUT2D eigenvalue weighted by atomic mass is 9.93. The average Bonchev–Trinajstić information content (AvgIpc) is 2.44. The van der Waals surface area contributed by atoms with E-state index in [1.54, 1.807) is 7.11 Å². The molecule has 4 heteroatoms. The van der Waals surface area contributed by atoms with Crippen LogP contribution in [-0.4, -0.2) is 31.1 Å². The van der Waals surface area contributed by atoms with E-state index in [-0.39, 0.29) is 12.1 Å². The first-order valence-electron chi connectivity index (χ1n) is 7.24. The quantitative estimate of drug-likeness (QED) is 0.922. The van der Waals surface area contributed by atoms with E-state index < -0.39 is 0 Å². The van der Waals surface area contributed by atoms with Crippen LogP contribution in [0.3, 0.4) is 0 Å².